The number of para-hydroxylation sites is 1. The number of methoxy groups -OCH3 is 1. The second-order valence-electron chi connectivity index (χ2n) is 9.84. The molecule has 11 nitrogen and oxygen atoms in total. The summed E-state index contributed by atoms with van der Waals surface area (Å²) in [6, 6.07) is 13.5. The van der Waals surface area contributed by atoms with Crippen LogP contribution in [0.15, 0.2) is 77.1 Å². The Labute approximate surface area is 267 Å². The van der Waals surface area contributed by atoms with Gasteiger partial charge < -0.3 is 40.0 Å². The van der Waals surface area contributed by atoms with Gasteiger partial charge in [0.25, 0.3) is 0 Å². The number of halogens is 4. The lowest BCUT2D eigenvalue weighted by Gasteiger charge is -2.31. The summed E-state index contributed by atoms with van der Waals surface area (Å²) >= 11 is 0. The van der Waals surface area contributed by atoms with Crippen LogP contribution in [0, 0.1) is 17.7 Å². The molecule has 0 fully saturated rings. The van der Waals surface area contributed by atoms with Gasteiger partial charge in [-0.2, -0.15) is 13.2 Å². The van der Waals surface area contributed by atoms with Crippen molar-refractivity contribution in [3.63, 3.8) is 0 Å². The van der Waals surface area contributed by atoms with Crippen LogP contribution in [0.3, 0.4) is 0 Å². The fourth-order valence-electron chi connectivity index (χ4n) is 4.40. The summed E-state index contributed by atoms with van der Waals surface area (Å²) in [5.74, 6) is 0.549. The highest BCUT2D eigenvalue weighted by molar-refractivity contribution is 6.00. The molecule has 2 aromatic rings. The molecule has 47 heavy (non-hydrogen) atoms. The molecule has 1 heterocycles. The van der Waals surface area contributed by atoms with E-state index in [2.05, 4.69) is 27.2 Å². The highest BCUT2D eigenvalue weighted by atomic mass is 19.4. The van der Waals surface area contributed by atoms with E-state index >= 15 is 0 Å². The molecule has 3 rings (SSSR count). The van der Waals surface area contributed by atoms with E-state index in [-0.39, 0.29) is 43.1 Å². The minimum atomic E-state index is -5.04. The van der Waals surface area contributed by atoms with Gasteiger partial charge in [-0.25, -0.2) is 18.8 Å². The number of dihydropyridines is 1. The van der Waals surface area contributed by atoms with Gasteiger partial charge in [0, 0.05) is 25.3 Å². The molecule has 0 saturated carbocycles. The number of esters is 2. The number of alkyl halides is 3. The smallest absolute Gasteiger partial charge is 0.431 e. The molecule has 0 aromatic heterocycles. The van der Waals surface area contributed by atoms with Gasteiger partial charge in [0.15, 0.2) is 13.2 Å². The van der Waals surface area contributed by atoms with E-state index in [0.29, 0.717) is 12.3 Å². The molecule has 2 atom stereocenters. The van der Waals surface area contributed by atoms with Crippen molar-refractivity contribution in [3.8, 4) is 17.6 Å². The molecule has 0 saturated heterocycles. The number of nitrogens with one attached hydrogen (secondary N) is 3. The number of aliphatic hydroxyl groups is 1. The first-order chi connectivity index (χ1) is 22.4. The first kappa shape index (κ1) is 36.4. The molecule has 252 valence electrons. The van der Waals surface area contributed by atoms with Gasteiger partial charge in [-0.05, 0) is 36.8 Å². The van der Waals surface area contributed by atoms with Gasteiger partial charge >= 0.3 is 24.2 Å². The third-order valence-corrected chi connectivity index (χ3v) is 6.47. The third kappa shape index (κ3) is 11.0. The number of benzene rings is 2. The zero-order chi connectivity index (χ0) is 34.4. The standard InChI is InChI=1S/C32H33F4N3O8/c1-20-25(26(21-9-8-10-22(33)17-21)27(29(41)44-2)28(39-20)32(34,35)36)30(42)45-15-6-7-16-46-31(43)38-14-13-37-18-23(40)19-47-24-11-4-3-5-12-24/h3-5,8-12,17,23,26,37,39-40H,13-16,18-19H2,1-2H3,(H,38,43). The van der Waals surface area contributed by atoms with E-state index in [1.165, 1.54) is 19.1 Å². The Morgan fingerprint density at radius 2 is 1.68 bits per heavy atom. The molecule has 1 aliphatic heterocycles. The van der Waals surface area contributed by atoms with Crippen LogP contribution in [0.1, 0.15) is 18.4 Å². The number of hydrogen-bond donors (Lipinski definition) is 4. The van der Waals surface area contributed by atoms with Gasteiger partial charge in [0.2, 0.25) is 0 Å². The van der Waals surface area contributed by atoms with Crippen LogP contribution in [-0.4, -0.2) is 82.0 Å². The van der Waals surface area contributed by atoms with Crippen LogP contribution in [0.25, 0.3) is 0 Å². The van der Waals surface area contributed by atoms with Crippen molar-refractivity contribution < 1.29 is 56.0 Å². The van der Waals surface area contributed by atoms with Gasteiger partial charge in [-0.15, -0.1) is 0 Å². The summed E-state index contributed by atoms with van der Waals surface area (Å²) in [5.41, 5.74) is -3.18. The number of ether oxygens (including phenoxy) is 4. The van der Waals surface area contributed by atoms with Crippen molar-refractivity contribution in [1.29, 1.82) is 0 Å². The van der Waals surface area contributed by atoms with Crippen LogP contribution in [0.4, 0.5) is 22.4 Å². The highest BCUT2D eigenvalue weighted by Crippen LogP contribution is 2.43. The predicted molar refractivity (Wildman–Crippen MR) is 159 cm³/mol. The lowest BCUT2D eigenvalue weighted by atomic mass is 9.80. The van der Waals surface area contributed by atoms with Crippen molar-refractivity contribution >= 4 is 18.0 Å². The van der Waals surface area contributed by atoms with E-state index < -0.39 is 59.9 Å². The maximum atomic E-state index is 14.1. The molecule has 2 aromatic carbocycles. The van der Waals surface area contributed by atoms with Crippen molar-refractivity contribution in [3.05, 3.63) is 88.5 Å². The van der Waals surface area contributed by atoms with Crippen molar-refractivity contribution in [1.82, 2.24) is 16.0 Å². The van der Waals surface area contributed by atoms with E-state index in [1.54, 1.807) is 12.1 Å². The maximum absolute atomic E-state index is 14.1. The summed E-state index contributed by atoms with van der Waals surface area (Å²) in [6.45, 7) is 1.10. The molecule has 4 N–H and O–H groups in total. The number of amides is 1. The SMILES string of the molecule is COC(=O)C1=C(C(F)(F)F)NC(C)=C(C(=O)OCC#CCOC(=O)NCCNCC(O)COc2ccccc2)C1c1cccc(F)c1. The molecule has 0 radical (unpaired) electrons. The third-order valence-electron chi connectivity index (χ3n) is 6.47. The van der Waals surface area contributed by atoms with Gasteiger partial charge in [0.1, 0.15) is 30.0 Å². The van der Waals surface area contributed by atoms with Crippen molar-refractivity contribution in [2.45, 2.75) is 25.1 Å². The lowest BCUT2D eigenvalue weighted by molar-refractivity contribution is -0.139. The summed E-state index contributed by atoms with van der Waals surface area (Å²) in [7, 11) is 0.875. The zero-order valence-corrected chi connectivity index (χ0v) is 25.4. The number of aliphatic hydroxyl groups excluding tert-OH is 1. The Morgan fingerprint density at radius 1 is 0.979 bits per heavy atom. The van der Waals surface area contributed by atoms with Crippen molar-refractivity contribution in [2.24, 2.45) is 0 Å². The zero-order valence-electron chi connectivity index (χ0n) is 25.4. The number of carbonyl (C=O) groups is 3. The Kier molecular flexibility index (Phi) is 13.6. The monoisotopic (exact) mass is 663 g/mol. The summed E-state index contributed by atoms with van der Waals surface area (Å²) < 4.78 is 75.9. The quantitative estimate of drug-likeness (QED) is 0.0830. The molecule has 0 aliphatic carbocycles. The molecule has 0 bridgehead atoms. The van der Waals surface area contributed by atoms with E-state index in [1.807, 2.05) is 23.5 Å². The Bertz CT molecular complexity index is 1530. The van der Waals surface area contributed by atoms with Crippen LogP contribution in [0.2, 0.25) is 0 Å². The minimum Gasteiger partial charge on any atom is -0.491 e. The fraction of sp³-hybridized carbons (Fsp3) is 0.344. The highest BCUT2D eigenvalue weighted by Gasteiger charge is 2.47. The molecule has 15 heteroatoms. The molecule has 1 amide bonds. The van der Waals surface area contributed by atoms with E-state index in [0.717, 1.165) is 19.2 Å². The molecular formula is C32H33F4N3O8. The van der Waals surface area contributed by atoms with Gasteiger partial charge in [0.05, 0.1) is 24.2 Å². The normalized spacial score (nSPS) is 15.1. The topological polar surface area (TPSA) is 144 Å². The average Bonchev–Trinajstić information content (AvgIpc) is 3.04. The first-order valence-corrected chi connectivity index (χ1v) is 14.1. The van der Waals surface area contributed by atoms with Crippen LogP contribution >= 0.6 is 0 Å². The van der Waals surface area contributed by atoms with E-state index in [9.17, 15) is 37.1 Å². The number of carbonyl (C=O) groups excluding carboxylic acids is 3. The van der Waals surface area contributed by atoms with Crippen LogP contribution in [-0.2, 0) is 23.8 Å². The van der Waals surface area contributed by atoms with Crippen LogP contribution in [0.5, 0.6) is 5.75 Å². The number of alkyl carbamates (subject to hydrolysis) is 1. The largest absolute Gasteiger partial charge is 0.491 e. The first-order valence-electron chi connectivity index (χ1n) is 14.1. The predicted octanol–water partition coefficient (Wildman–Crippen LogP) is 3.08. The fourth-order valence-corrected chi connectivity index (χ4v) is 4.40. The molecular weight excluding hydrogens is 630 g/mol. The summed E-state index contributed by atoms with van der Waals surface area (Å²) in [5, 5.41) is 17.4. The average molecular weight is 664 g/mol. The Hall–Kier alpha value is -5.07. The van der Waals surface area contributed by atoms with Crippen molar-refractivity contribution in [2.75, 3.05) is 46.6 Å². The second-order valence-corrected chi connectivity index (χ2v) is 9.84. The Morgan fingerprint density at radius 3 is 2.34 bits per heavy atom. The minimum absolute atomic E-state index is 0.0900. The van der Waals surface area contributed by atoms with Crippen LogP contribution < -0.4 is 20.7 Å². The van der Waals surface area contributed by atoms with E-state index in [4.69, 9.17) is 14.2 Å². The number of allylic oxidation sites excluding steroid dienone is 2. The summed E-state index contributed by atoms with van der Waals surface area (Å²) in [4.78, 5) is 37.5. The number of rotatable bonds is 13. The van der Waals surface area contributed by atoms with Gasteiger partial charge in [-0.3, -0.25) is 0 Å². The van der Waals surface area contributed by atoms with Gasteiger partial charge in [-0.1, -0.05) is 42.2 Å². The maximum Gasteiger partial charge on any atom is 0.431 e. The summed E-state index contributed by atoms with van der Waals surface area (Å²) in [6.07, 6.45) is -6.58. The Balaban J connectivity index is 1.48. The second kappa shape index (κ2) is 17.6. The molecule has 0 spiro atoms. The number of hydrogen-bond acceptors (Lipinski definition) is 10. The molecule has 2 unspecified atom stereocenters. The molecule has 1 aliphatic rings. The lowest BCUT2D eigenvalue weighted by Crippen LogP contribution is -2.38.